The summed E-state index contributed by atoms with van der Waals surface area (Å²) in [7, 11) is -4.60. The van der Waals surface area contributed by atoms with Crippen LogP contribution in [0, 0.1) is 0 Å². The highest BCUT2D eigenvalue weighted by Crippen LogP contribution is 2.26. The Kier molecular flexibility index (Phi) is 8.97. The van der Waals surface area contributed by atoms with Crippen molar-refractivity contribution in [3.05, 3.63) is 28.8 Å². The van der Waals surface area contributed by atoms with Gasteiger partial charge in [-0.3, -0.25) is 14.4 Å². The van der Waals surface area contributed by atoms with Gasteiger partial charge in [0.1, 0.15) is 0 Å². The lowest BCUT2D eigenvalue weighted by molar-refractivity contribution is -0.118. The predicted octanol–water partition coefficient (Wildman–Crippen LogP) is -0.425. The molecule has 24 heavy (non-hydrogen) atoms. The summed E-state index contributed by atoms with van der Waals surface area (Å²) in [4.78, 5) is 10.3. The summed E-state index contributed by atoms with van der Waals surface area (Å²) < 4.78 is 33.7. The van der Waals surface area contributed by atoms with Crippen molar-refractivity contribution in [1.29, 1.82) is 0 Å². The molecule has 0 bridgehead atoms. The molecule has 1 aromatic carbocycles. The van der Waals surface area contributed by atoms with Gasteiger partial charge in [-0.05, 0) is 24.1 Å². The first-order valence-corrected chi connectivity index (χ1v) is 8.89. The van der Waals surface area contributed by atoms with E-state index in [1.165, 1.54) is 12.1 Å². The number of rotatable bonds is 6. The minimum Gasteiger partial charge on any atom is -0.360 e. The molecule has 5 N–H and O–H groups in total. The van der Waals surface area contributed by atoms with Crippen LogP contribution < -0.4 is 20.7 Å². The second-order valence-corrected chi connectivity index (χ2v) is 6.30. The Balaban J connectivity index is 0.000000400. The standard InChI is InChI=1S/C9H11ClN2O5S.C4H10N2/c10-8-5-7(3-4-12(11)6-13)1-2-9(8)17-18(14,15)16;1-2-6-4-3-5-1/h1-2,5-6H,3-4,11H2,(H,14,15,16);5-6H,1-4H2. The van der Waals surface area contributed by atoms with E-state index in [1.54, 1.807) is 6.07 Å². The number of halogens is 1. The molecular weight excluding hydrogens is 360 g/mol. The summed E-state index contributed by atoms with van der Waals surface area (Å²) in [5.74, 6) is 5.09. The number of amides is 1. The van der Waals surface area contributed by atoms with E-state index in [0.717, 1.165) is 36.8 Å². The Bertz CT molecular complexity index is 613. The molecule has 1 saturated heterocycles. The van der Waals surface area contributed by atoms with Crippen molar-refractivity contribution in [1.82, 2.24) is 15.6 Å². The fourth-order valence-electron chi connectivity index (χ4n) is 1.80. The van der Waals surface area contributed by atoms with Crippen LogP contribution in [0.2, 0.25) is 5.02 Å². The molecule has 9 nitrogen and oxygen atoms in total. The highest BCUT2D eigenvalue weighted by molar-refractivity contribution is 7.81. The van der Waals surface area contributed by atoms with Gasteiger partial charge in [0, 0.05) is 32.7 Å². The van der Waals surface area contributed by atoms with Gasteiger partial charge >= 0.3 is 10.4 Å². The van der Waals surface area contributed by atoms with E-state index in [1.807, 2.05) is 0 Å². The molecule has 1 amide bonds. The Labute approximate surface area is 146 Å². The van der Waals surface area contributed by atoms with Crippen LogP contribution in [0.4, 0.5) is 0 Å². The van der Waals surface area contributed by atoms with Crippen molar-refractivity contribution in [3.8, 4) is 5.75 Å². The highest BCUT2D eigenvalue weighted by atomic mass is 35.5. The van der Waals surface area contributed by atoms with Crippen molar-refractivity contribution >= 4 is 28.4 Å². The lowest BCUT2D eigenvalue weighted by Gasteiger charge is -2.11. The Morgan fingerprint density at radius 1 is 1.29 bits per heavy atom. The first kappa shape index (κ1) is 20.6. The molecule has 11 heteroatoms. The SMILES string of the molecule is C1CNCCN1.NN(C=O)CCc1ccc(OS(=O)(=O)O)c(Cl)c1. The molecule has 2 rings (SSSR count). The van der Waals surface area contributed by atoms with Gasteiger partial charge in [0.25, 0.3) is 0 Å². The molecule has 0 spiro atoms. The summed E-state index contributed by atoms with van der Waals surface area (Å²) in [6.45, 7) is 4.85. The van der Waals surface area contributed by atoms with E-state index < -0.39 is 10.4 Å². The van der Waals surface area contributed by atoms with Gasteiger partial charge in [0.05, 0.1) is 5.02 Å². The number of piperazine rings is 1. The van der Waals surface area contributed by atoms with Crippen LogP contribution in [-0.4, -0.2) is 57.1 Å². The third kappa shape index (κ3) is 9.01. The summed E-state index contributed by atoms with van der Waals surface area (Å²) in [5.41, 5.74) is 0.736. The molecule has 1 aromatic rings. The maximum absolute atomic E-state index is 10.5. The topological polar surface area (TPSA) is 134 Å². The van der Waals surface area contributed by atoms with Crippen molar-refractivity contribution in [3.63, 3.8) is 0 Å². The molecule has 0 atom stereocenters. The minimum absolute atomic E-state index is 0.0276. The van der Waals surface area contributed by atoms with E-state index in [0.29, 0.717) is 19.4 Å². The number of carbonyl (C=O) groups is 1. The molecule has 136 valence electrons. The molecule has 0 aromatic heterocycles. The van der Waals surface area contributed by atoms with Crippen LogP contribution >= 0.6 is 11.6 Å². The van der Waals surface area contributed by atoms with E-state index in [4.69, 9.17) is 22.0 Å². The molecule has 1 aliphatic heterocycles. The Morgan fingerprint density at radius 3 is 2.29 bits per heavy atom. The molecule has 0 saturated carbocycles. The minimum atomic E-state index is -4.60. The van der Waals surface area contributed by atoms with Gasteiger partial charge in [-0.25, -0.2) is 5.84 Å². The molecule has 1 aliphatic rings. The number of nitrogens with zero attached hydrogens (tertiary/aromatic N) is 1. The second kappa shape index (κ2) is 10.4. The lowest BCUT2D eigenvalue weighted by Crippen LogP contribution is -2.39. The molecule has 1 heterocycles. The zero-order chi connectivity index (χ0) is 18.0. The van der Waals surface area contributed by atoms with Crippen LogP contribution in [0.25, 0.3) is 0 Å². The van der Waals surface area contributed by atoms with E-state index in [2.05, 4.69) is 14.8 Å². The Hall–Kier alpha value is -1.43. The number of nitrogens with two attached hydrogens (primary N) is 1. The fourth-order valence-corrected chi connectivity index (χ4v) is 2.46. The smallest absolute Gasteiger partial charge is 0.360 e. The van der Waals surface area contributed by atoms with Crippen molar-refractivity contribution in [2.24, 2.45) is 5.84 Å². The first-order chi connectivity index (χ1) is 11.3. The Morgan fingerprint density at radius 2 is 1.88 bits per heavy atom. The molecule has 0 radical (unpaired) electrons. The largest absolute Gasteiger partial charge is 0.446 e. The van der Waals surface area contributed by atoms with Gasteiger partial charge in [-0.2, -0.15) is 8.42 Å². The van der Waals surface area contributed by atoms with Crippen molar-refractivity contribution in [2.45, 2.75) is 6.42 Å². The fraction of sp³-hybridized carbons (Fsp3) is 0.462. The third-order valence-electron chi connectivity index (χ3n) is 2.94. The van der Waals surface area contributed by atoms with Gasteiger partial charge in [-0.15, -0.1) is 0 Å². The van der Waals surface area contributed by atoms with E-state index in [-0.39, 0.29) is 10.8 Å². The molecule has 1 fully saturated rings. The lowest BCUT2D eigenvalue weighted by atomic mass is 10.1. The zero-order valence-electron chi connectivity index (χ0n) is 12.9. The average Bonchev–Trinajstić information content (AvgIpc) is 2.56. The van der Waals surface area contributed by atoms with Crippen LogP contribution in [0.1, 0.15) is 5.56 Å². The number of nitrogens with one attached hydrogen (secondary N) is 2. The summed E-state index contributed by atoms with van der Waals surface area (Å²) in [6.07, 6.45) is 0.929. The average molecular weight is 381 g/mol. The van der Waals surface area contributed by atoms with Gasteiger partial charge < -0.3 is 14.8 Å². The molecule has 0 aliphatic carbocycles. The predicted molar refractivity (Wildman–Crippen MR) is 90.0 cm³/mol. The zero-order valence-corrected chi connectivity index (χ0v) is 14.5. The number of benzene rings is 1. The van der Waals surface area contributed by atoms with Crippen LogP contribution in [-0.2, 0) is 21.6 Å². The summed E-state index contributed by atoms with van der Waals surface area (Å²) in [5, 5.41) is 7.44. The number of carbonyl (C=O) groups excluding carboxylic acids is 1. The maximum Gasteiger partial charge on any atom is 0.446 e. The van der Waals surface area contributed by atoms with Crippen molar-refractivity contribution in [2.75, 3.05) is 32.7 Å². The third-order valence-corrected chi connectivity index (χ3v) is 3.63. The van der Waals surface area contributed by atoms with Crippen LogP contribution in [0.5, 0.6) is 5.75 Å². The molecule has 0 unspecified atom stereocenters. The highest BCUT2D eigenvalue weighted by Gasteiger charge is 2.11. The quantitative estimate of drug-likeness (QED) is 0.172. The van der Waals surface area contributed by atoms with Gasteiger partial charge in [0.2, 0.25) is 6.41 Å². The number of hydrogen-bond acceptors (Lipinski definition) is 7. The van der Waals surface area contributed by atoms with Crippen LogP contribution in [0.15, 0.2) is 18.2 Å². The maximum atomic E-state index is 10.5. The summed E-state index contributed by atoms with van der Waals surface area (Å²) in [6, 6.07) is 4.30. The normalized spacial score (nSPS) is 14.3. The monoisotopic (exact) mass is 380 g/mol. The molecular formula is C13H21ClN4O5S. The van der Waals surface area contributed by atoms with Crippen molar-refractivity contribution < 1.29 is 21.9 Å². The van der Waals surface area contributed by atoms with Gasteiger partial charge in [0.15, 0.2) is 5.75 Å². The van der Waals surface area contributed by atoms with Gasteiger partial charge in [-0.1, -0.05) is 17.7 Å². The summed E-state index contributed by atoms with van der Waals surface area (Å²) >= 11 is 5.77. The van der Waals surface area contributed by atoms with E-state index >= 15 is 0 Å². The number of hydrazine groups is 1. The second-order valence-electron chi connectivity index (χ2n) is 4.87. The number of hydrogen-bond donors (Lipinski definition) is 4. The van der Waals surface area contributed by atoms with Crippen LogP contribution in [0.3, 0.4) is 0 Å². The van der Waals surface area contributed by atoms with E-state index in [9.17, 15) is 13.2 Å². The first-order valence-electron chi connectivity index (χ1n) is 7.15.